The molecule has 0 aliphatic heterocycles. The van der Waals surface area contributed by atoms with E-state index >= 15 is 0 Å². The summed E-state index contributed by atoms with van der Waals surface area (Å²) in [6.45, 7) is 0. The van der Waals surface area contributed by atoms with Crippen molar-refractivity contribution in [3.05, 3.63) is 22.8 Å². The topological polar surface area (TPSA) is 44.8 Å². The maximum absolute atomic E-state index is 14.0. The Morgan fingerprint density at radius 1 is 1.16 bits per heavy atom. The Hall–Kier alpha value is -1.66. The minimum Gasteiger partial charge on any atom is -0.493 e. The van der Waals surface area contributed by atoms with E-state index in [1.165, 1.54) is 31.6 Å². The summed E-state index contributed by atoms with van der Waals surface area (Å²) in [5.41, 5.74) is 0. The maximum atomic E-state index is 14.0. The normalized spacial score (nSPS) is 9.74. The minimum atomic E-state index is -0.499. The highest BCUT2D eigenvalue weighted by molar-refractivity contribution is 7.20. The van der Waals surface area contributed by atoms with Gasteiger partial charge in [0.1, 0.15) is 0 Å². The van der Waals surface area contributed by atoms with Crippen LogP contribution in [0.2, 0.25) is 0 Å². The SMILES string of the molecule is COC.COc1cc2sc(C=O)cc2c(F)c1OC. The molecule has 0 fully saturated rings. The molecule has 0 unspecified atom stereocenters. The molecular weight excluding hydrogens is 271 g/mol. The lowest BCUT2D eigenvalue weighted by Gasteiger charge is -2.08. The molecule has 0 aliphatic rings. The van der Waals surface area contributed by atoms with Crippen molar-refractivity contribution < 1.29 is 23.4 Å². The fourth-order valence-corrected chi connectivity index (χ4v) is 2.42. The number of ether oxygens (including phenoxy) is 3. The molecule has 4 nitrogen and oxygen atoms in total. The first-order valence-corrected chi connectivity index (χ1v) is 6.13. The van der Waals surface area contributed by atoms with Gasteiger partial charge in [-0.05, 0) is 6.07 Å². The van der Waals surface area contributed by atoms with Crippen molar-refractivity contribution in [2.45, 2.75) is 0 Å². The summed E-state index contributed by atoms with van der Waals surface area (Å²) in [4.78, 5) is 11.1. The highest BCUT2D eigenvalue weighted by Crippen LogP contribution is 2.39. The quantitative estimate of drug-likeness (QED) is 0.813. The van der Waals surface area contributed by atoms with Crippen molar-refractivity contribution in [1.82, 2.24) is 0 Å². The maximum Gasteiger partial charge on any atom is 0.197 e. The number of carbonyl (C=O) groups excluding carboxylic acids is 1. The number of benzene rings is 1. The van der Waals surface area contributed by atoms with Crippen LogP contribution >= 0.6 is 11.3 Å². The molecule has 2 rings (SSSR count). The van der Waals surface area contributed by atoms with Gasteiger partial charge < -0.3 is 14.2 Å². The molecule has 0 amide bonds. The fourth-order valence-electron chi connectivity index (χ4n) is 1.52. The number of carbonyl (C=O) groups is 1. The van der Waals surface area contributed by atoms with Crippen molar-refractivity contribution in [2.24, 2.45) is 0 Å². The summed E-state index contributed by atoms with van der Waals surface area (Å²) in [6, 6.07) is 3.17. The number of fused-ring (bicyclic) bond motifs is 1. The largest absolute Gasteiger partial charge is 0.493 e. The van der Waals surface area contributed by atoms with Gasteiger partial charge in [-0.25, -0.2) is 4.39 Å². The van der Waals surface area contributed by atoms with Crippen LogP contribution in [-0.2, 0) is 4.74 Å². The fraction of sp³-hybridized carbons (Fsp3) is 0.308. The van der Waals surface area contributed by atoms with E-state index in [1.807, 2.05) is 0 Å². The highest BCUT2D eigenvalue weighted by Gasteiger charge is 2.16. The molecule has 1 heterocycles. The zero-order chi connectivity index (χ0) is 14.4. The Labute approximate surface area is 114 Å². The van der Waals surface area contributed by atoms with E-state index in [0.717, 1.165) is 0 Å². The average molecular weight is 286 g/mol. The number of rotatable bonds is 3. The van der Waals surface area contributed by atoms with Gasteiger partial charge in [0.25, 0.3) is 0 Å². The van der Waals surface area contributed by atoms with E-state index in [1.54, 1.807) is 20.3 Å². The number of methoxy groups -OCH3 is 3. The summed E-state index contributed by atoms with van der Waals surface area (Å²) in [5, 5.41) is 0.379. The van der Waals surface area contributed by atoms with Crippen molar-refractivity contribution in [3.8, 4) is 11.5 Å². The van der Waals surface area contributed by atoms with Crippen LogP contribution in [0.25, 0.3) is 10.1 Å². The summed E-state index contributed by atoms with van der Waals surface area (Å²) in [5.74, 6) is -0.113. The molecule has 1 aromatic carbocycles. The predicted molar refractivity (Wildman–Crippen MR) is 73.2 cm³/mol. The van der Waals surface area contributed by atoms with Crippen LogP contribution in [0.4, 0.5) is 4.39 Å². The van der Waals surface area contributed by atoms with Gasteiger partial charge in [-0.3, -0.25) is 4.79 Å². The Morgan fingerprint density at radius 2 is 1.79 bits per heavy atom. The third kappa shape index (κ3) is 3.21. The van der Waals surface area contributed by atoms with Gasteiger partial charge in [0, 0.05) is 30.4 Å². The van der Waals surface area contributed by atoms with Crippen LogP contribution in [0.15, 0.2) is 12.1 Å². The molecule has 0 radical (unpaired) electrons. The summed E-state index contributed by atoms with van der Waals surface area (Å²) in [7, 11) is 6.07. The Kier molecular flexibility index (Phi) is 5.72. The molecule has 0 N–H and O–H groups in total. The first-order valence-electron chi connectivity index (χ1n) is 5.32. The standard InChI is InChI=1S/C11H9FO3S.C2H6O/c1-14-8-4-9-7(3-6(5-13)16-9)10(12)11(8)15-2;1-3-2/h3-5H,1-2H3;1-2H3. The van der Waals surface area contributed by atoms with Gasteiger partial charge in [0.05, 0.1) is 19.1 Å². The second-order valence-electron chi connectivity index (χ2n) is 3.51. The van der Waals surface area contributed by atoms with Crippen molar-refractivity contribution in [3.63, 3.8) is 0 Å². The third-order valence-electron chi connectivity index (χ3n) is 2.24. The number of halogens is 1. The lowest BCUT2D eigenvalue weighted by atomic mass is 10.2. The van der Waals surface area contributed by atoms with Gasteiger partial charge in [-0.15, -0.1) is 11.3 Å². The van der Waals surface area contributed by atoms with Crippen molar-refractivity contribution in [1.29, 1.82) is 0 Å². The molecule has 0 spiro atoms. The van der Waals surface area contributed by atoms with Crippen LogP contribution in [-0.4, -0.2) is 34.7 Å². The van der Waals surface area contributed by atoms with Gasteiger partial charge in [0.15, 0.2) is 23.6 Å². The first-order chi connectivity index (χ1) is 9.12. The molecule has 0 aliphatic carbocycles. The van der Waals surface area contributed by atoms with E-state index in [0.29, 0.717) is 27.0 Å². The van der Waals surface area contributed by atoms with Gasteiger partial charge in [0.2, 0.25) is 0 Å². The zero-order valence-electron chi connectivity index (χ0n) is 11.2. The van der Waals surface area contributed by atoms with Gasteiger partial charge in [-0.1, -0.05) is 0 Å². The molecule has 0 saturated carbocycles. The minimum absolute atomic E-state index is 0.0604. The zero-order valence-corrected chi connectivity index (χ0v) is 12.0. The van der Waals surface area contributed by atoms with E-state index in [9.17, 15) is 9.18 Å². The lowest BCUT2D eigenvalue weighted by molar-refractivity contribution is 0.112. The predicted octanol–water partition coefficient (Wildman–Crippen LogP) is 3.13. The molecule has 0 saturated heterocycles. The van der Waals surface area contributed by atoms with E-state index in [-0.39, 0.29) is 5.75 Å². The van der Waals surface area contributed by atoms with Gasteiger partial charge in [-0.2, -0.15) is 0 Å². The Morgan fingerprint density at radius 3 is 2.26 bits per heavy atom. The second-order valence-corrected chi connectivity index (χ2v) is 4.63. The van der Waals surface area contributed by atoms with E-state index in [4.69, 9.17) is 9.47 Å². The Bertz CT molecular complexity index is 565. The monoisotopic (exact) mass is 286 g/mol. The molecule has 1 aromatic heterocycles. The molecular formula is C13H15FO4S. The van der Waals surface area contributed by atoms with Crippen LogP contribution in [0, 0.1) is 5.82 Å². The third-order valence-corrected chi connectivity index (χ3v) is 3.25. The molecule has 0 bridgehead atoms. The van der Waals surface area contributed by atoms with E-state index < -0.39 is 5.82 Å². The molecule has 2 aromatic rings. The number of hydrogen-bond donors (Lipinski definition) is 0. The average Bonchev–Trinajstić information content (AvgIpc) is 2.83. The summed E-state index contributed by atoms with van der Waals surface area (Å²) >= 11 is 1.22. The smallest absolute Gasteiger partial charge is 0.197 e. The first kappa shape index (κ1) is 15.4. The van der Waals surface area contributed by atoms with Crippen molar-refractivity contribution in [2.75, 3.05) is 28.4 Å². The highest BCUT2D eigenvalue weighted by atomic mass is 32.1. The molecule has 6 heteroatoms. The van der Waals surface area contributed by atoms with Crippen LogP contribution in [0.5, 0.6) is 11.5 Å². The van der Waals surface area contributed by atoms with E-state index in [2.05, 4.69) is 4.74 Å². The van der Waals surface area contributed by atoms with Crippen LogP contribution in [0.1, 0.15) is 9.67 Å². The number of thiophene rings is 1. The summed E-state index contributed by atoms with van der Waals surface area (Å²) in [6.07, 6.45) is 0.697. The van der Waals surface area contributed by atoms with Crippen LogP contribution in [0.3, 0.4) is 0 Å². The lowest BCUT2D eigenvalue weighted by Crippen LogP contribution is -1.93. The van der Waals surface area contributed by atoms with Gasteiger partial charge >= 0.3 is 0 Å². The number of aldehydes is 1. The summed E-state index contributed by atoms with van der Waals surface area (Å²) < 4.78 is 28.8. The van der Waals surface area contributed by atoms with Crippen molar-refractivity contribution >= 4 is 27.7 Å². The number of hydrogen-bond acceptors (Lipinski definition) is 5. The second kappa shape index (κ2) is 7.06. The molecule has 19 heavy (non-hydrogen) atoms. The molecule has 104 valence electrons. The Balaban J connectivity index is 0.000000550. The van der Waals surface area contributed by atoms with Crippen LogP contribution < -0.4 is 9.47 Å². The molecule has 0 atom stereocenters.